The molecule has 22 heavy (non-hydrogen) atoms. The van der Waals surface area contributed by atoms with Gasteiger partial charge in [-0.3, -0.25) is 4.68 Å². The fourth-order valence-electron chi connectivity index (χ4n) is 2.30. The van der Waals surface area contributed by atoms with E-state index in [1.807, 2.05) is 46.1 Å². The maximum atomic E-state index is 11.8. The number of hydrogen-bond donors (Lipinski definition) is 3. The Morgan fingerprint density at radius 1 is 1.36 bits per heavy atom. The van der Waals surface area contributed by atoms with Crippen LogP contribution in [0.5, 0.6) is 0 Å². The van der Waals surface area contributed by atoms with Crippen LogP contribution in [0.15, 0.2) is 12.4 Å². The molecule has 7 heteroatoms. The second-order valence-electron chi connectivity index (χ2n) is 6.30. The van der Waals surface area contributed by atoms with Gasteiger partial charge >= 0.3 is 6.03 Å². The van der Waals surface area contributed by atoms with Crippen LogP contribution in [0, 0.1) is 5.92 Å². The number of nitrogens with one attached hydrogen (secondary N) is 2. The molecule has 0 saturated carbocycles. The van der Waals surface area contributed by atoms with Gasteiger partial charge in [-0.25, -0.2) is 4.79 Å². The van der Waals surface area contributed by atoms with Gasteiger partial charge in [0, 0.05) is 31.9 Å². The molecule has 0 aromatic carbocycles. The molecular weight excluding hydrogens is 282 g/mol. The highest BCUT2D eigenvalue weighted by molar-refractivity contribution is 5.73. The highest BCUT2D eigenvalue weighted by Gasteiger charge is 2.17. The van der Waals surface area contributed by atoms with Crippen molar-refractivity contribution in [2.75, 3.05) is 27.2 Å². The summed E-state index contributed by atoms with van der Waals surface area (Å²) in [7, 11) is 5.79. The Morgan fingerprint density at radius 2 is 2.00 bits per heavy atom. The molecule has 2 amide bonds. The molecule has 1 aromatic heterocycles. The van der Waals surface area contributed by atoms with Crippen molar-refractivity contribution in [2.45, 2.75) is 32.4 Å². The number of carbonyl (C=O) groups excluding carboxylic acids is 1. The maximum absolute atomic E-state index is 11.8. The molecule has 0 bridgehead atoms. The number of aliphatic hydroxyl groups is 1. The van der Waals surface area contributed by atoms with E-state index in [4.69, 9.17) is 0 Å². The van der Waals surface area contributed by atoms with Gasteiger partial charge in [-0.15, -0.1) is 0 Å². The van der Waals surface area contributed by atoms with Crippen LogP contribution in [0.25, 0.3) is 0 Å². The molecular formula is C15H29N5O2. The van der Waals surface area contributed by atoms with E-state index in [1.165, 1.54) is 0 Å². The smallest absolute Gasteiger partial charge is 0.314 e. The van der Waals surface area contributed by atoms with E-state index in [-0.39, 0.29) is 18.6 Å². The van der Waals surface area contributed by atoms with Gasteiger partial charge in [0.2, 0.25) is 0 Å². The van der Waals surface area contributed by atoms with Crippen molar-refractivity contribution >= 4 is 6.03 Å². The second-order valence-corrected chi connectivity index (χ2v) is 6.30. The summed E-state index contributed by atoms with van der Waals surface area (Å²) in [5, 5.41) is 19.5. The minimum atomic E-state index is -0.506. The third-order valence-electron chi connectivity index (χ3n) is 3.43. The van der Waals surface area contributed by atoms with Crippen LogP contribution in [-0.2, 0) is 7.05 Å². The number of hydrogen-bond acceptors (Lipinski definition) is 4. The van der Waals surface area contributed by atoms with Crippen molar-refractivity contribution in [2.24, 2.45) is 13.0 Å². The minimum Gasteiger partial charge on any atom is -0.391 e. The largest absolute Gasteiger partial charge is 0.391 e. The molecule has 0 radical (unpaired) electrons. The summed E-state index contributed by atoms with van der Waals surface area (Å²) in [6.07, 6.45) is 3.91. The molecule has 1 heterocycles. The normalized spacial score (nSPS) is 14.2. The first-order valence-corrected chi connectivity index (χ1v) is 7.64. The van der Waals surface area contributed by atoms with Crippen molar-refractivity contribution in [1.29, 1.82) is 0 Å². The highest BCUT2D eigenvalue weighted by Crippen LogP contribution is 2.15. The predicted octanol–water partition coefficient (Wildman–Crippen LogP) is 0.729. The zero-order valence-corrected chi connectivity index (χ0v) is 14.2. The molecule has 0 aliphatic carbocycles. The van der Waals surface area contributed by atoms with Gasteiger partial charge in [0.15, 0.2) is 0 Å². The summed E-state index contributed by atoms with van der Waals surface area (Å²) in [5.74, 6) is 0.406. The van der Waals surface area contributed by atoms with E-state index in [0.29, 0.717) is 18.9 Å². The van der Waals surface area contributed by atoms with Crippen molar-refractivity contribution in [3.63, 3.8) is 0 Å². The van der Waals surface area contributed by atoms with Crippen molar-refractivity contribution < 1.29 is 9.90 Å². The van der Waals surface area contributed by atoms with Crippen LogP contribution < -0.4 is 10.6 Å². The summed E-state index contributed by atoms with van der Waals surface area (Å²) < 4.78 is 1.74. The monoisotopic (exact) mass is 311 g/mol. The first-order valence-electron chi connectivity index (χ1n) is 7.64. The minimum absolute atomic E-state index is 0.0556. The third kappa shape index (κ3) is 6.44. The molecule has 7 nitrogen and oxygen atoms in total. The van der Waals surface area contributed by atoms with Crippen molar-refractivity contribution in [3.05, 3.63) is 18.0 Å². The molecule has 3 N–H and O–H groups in total. The van der Waals surface area contributed by atoms with E-state index < -0.39 is 6.10 Å². The molecule has 0 fully saturated rings. The van der Waals surface area contributed by atoms with E-state index in [0.717, 1.165) is 5.56 Å². The molecule has 1 rings (SSSR count). The number of aliphatic hydroxyl groups excluding tert-OH is 1. The molecule has 0 saturated heterocycles. The zero-order chi connectivity index (χ0) is 16.7. The van der Waals surface area contributed by atoms with Crippen LogP contribution in [0.3, 0.4) is 0 Å². The Labute approximate surface area is 132 Å². The summed E-state index contributed by atoms with van der Waals surface area (Å²) in [6.45, 7) is 4.83. The molecule has 126 valence electrons. The lowest BCUT2D eigenvalue weighted by atomic mass is 10.1. The van der Waals surface area contributed by atoms with Crippen LogP contribution in [0.1, 0.15) is 31.9 Å². The standard InChI is InChI=1S/C15H29N5O2/c1-11(2)6-13(21)8-16-15(22)17-9-14(19(3)4)12-7-18-20(5)10-12/h7,10-11,13-14,21H,6,8-9H2,1-5H3,(H2,16,17,22). The lowest BCUT2D eigenvalue weighted by Gasteiger charge is -2.23. The van der Waals surface area contributed by atoms with E-state index in [2.05, 4.69) is 15.7 Å². The lowest BCUT2D eigenvalue weighted by Crippen LogP contribution is -2.43. The second kappa shape index (κ2) is 8.75. The fourth-order valence-corrected chi connectivity index (χ4v) is 2.30. The Morgan fingerprint density at radius 3 is 2.50 bits per heavy atom. The summed E-state index contributed by atoms with van der Waals surface area (Å²) >= 11 is 0. The number of nitrogens with zero attached hydrogens (tertiary/aromatic N) is 3. The van der Waals surface area contributed by atoms with Gasteiger partial charge in [-0.2, -0.15) is 5.10 Å². The molecule has 2 unspecified atom stereocenters. The van der Waals surface area contributed by atoms with Gasteiger partial charge in [0.25, 0.3) is 0 Å². The lowest BCUT2D eigenvalue weighted by molar-refractivity contribution is 0.146. The predicted molar refractivity (Wildman–Crippen MR) is 86.5 cm³/mol. The Kier molecular flexibility index (Phi) is 7.34. The third-order valence-corrected chi connectivity index (χ3v) is 3.43. The van der Waals surface area contributed by atoms with Gasteiger partial charge in [-0.1, -0.05) is 13.8 Å². The van der Waals surface area contributed by atoms with Crippen LogP contribution >= 0.6 is 0 Å². The Bertz CT molecular complexity index is 459. The maximum Gasteiger partial charge on any atom is 0.314 e. The van der Waals surface area contributed by atoms with Crippen LogP contribution in [0.4, 0.5) is 4.79 Å². The molecule has 1 aromatic rings. The number of carbonyl (C=O) groups is 1. The highest BCUT2D eigenvalue weighted by atomic mass is 16.3. The topological polar surface area (TPSA) is 82.4 Å². The van der Waals surface area contributed by atoms with Gasteiger partial charge < -0.3 is 20.6 Å². The number of likely N-dealkylation sites (N-methyl/N-ethyl adjacent to an activating group) is 1. The Hall–Kier alpha value is -1.60. The van der Waals surface area contributed by atoms with Crippen molar-refractivity contribution in [3.8, 4) is 0 Å². The number of aromatic nitrogens is 2. The first kappa shape index (κ1) is 18.4. The van der Waals surface area contributed by atoms with E-state index in [1.54, 1.807) is 10.9 Å². The molecule has 2 atom stereocenters. The number of rotatable bonds is 8. The van der Waals surface area contributed by atoms with E-state index in [9.17, 15) is 9.90 Å². The SMILES string of the molecule is CC(C)CC(O)CNC(=O)NCC(c1cnn(C)c1)N(C)C. The number of aryl methyl sites for hydroxylation is 1. The van der Waals surface area contributed by atoms with Gasteiger partial charge in [0.05, 0.1) is 18.3 Å². The quantitative estimate of drug-likeness (QED) is 0.661. The molecule has 0 aliphatic heterocycles. The Balaban J connectivity index is 2.40. The first-order chi connectivity index (χ1) is 10.3. The molecule has 0 aliphatic rings. The number of urea groups is 1. The van der Waals surface area contributed by atoms with Gasteiger partial charge in [-0.05, 0) is 26.4 Å². The van der Waals surface area contributed by atoms with E-state index >= 15 is 0 Å². The summed E-state index contributed by atoms with van der Waals surface area (Å²) in [4.78, 5) is 13.9. The zero-order valence-electron chi connectivity index (χ0n) is 14.2. The van der Waals surface area contributed by atoms with Crippen LogP contribution in [0.2, 0.25) is 0 Å². The van der Waals surface area contributed by atoms with Crippen molar-refractivity contribution in [1.82, 2.24) is 25.3 Å². The summed E-state index contributed by atoms with van der Waals surface area (Å²) in [6, 6.07) is -0.210. The fraction of sp³-hybridized carbons (Fsp3) is 0.733. The van der Waals surface area contributed by atoms with Gasteiger partial charge in [0.1, 0.15) is 0 Å². The average molecular weight is 311 g/mol. The average Bonchev–Trinajstić information content (AvgIpc) is 2.82. The molecule has 0 spiro atoms. The van der Waals surface area contributed by atoms with Crippen LogP contribution in [-0.4, -0.2) is 59.1 Å². The summed E-state index contributed by atoms with van der Waals surface area (Å²) in [5.41, 5.74) is 1.05. The number of amides is 2.